The fourth-order valence-electron chi connectivity index (χ4n) is 1.43. The lowest BCUT2D eigenvalue weighted by molar-refractivity contribution is 0.216. The van der Waals surface area contributed by atoms with E-state index >= 15 is 0 Å². The lowest BCUT2D eigenvalue weighted by Gasteiger charge is -2.17. The van der Waals surface area contributed by atoms with E-state index in [9.17, 15) is 0 Å². The van der Waals surface area contributed by atoms with Crippen molar-refractivity contribution in [2.24, 2.45) is 5.92 Å². The van der Waals surface area contributed by atoms with Gasteiger partial charge in [-0.3, -0.25) is 0 Å². The molecular formula is C13H18Cl3NO. The van der Waals surface area contributed by atoms with Crippen molar-refractivity contribution in [1.29, 1.82) is 0 Å². The van der Waals surface area contributed by atoms with E-state index in [0.717, 1.165) is 13.1 Å². The average Bonchev–Trinajstić information content (AvgIpc) is 2.25. The summed E-state index contributed by atoms with van der Waals surface area (Å²) in [5, 5.41) is 4.67. The summed E-state index contributed by atoms with van der Waals surface area (Å²) < 4.78 is 5.73. The molecule has 0 bridgehead atoms. The summed E-state index contributed by atoms with van der Waals surface area (Å²) in [7, 11) is 0. The normalized spacial score (nSPS) is 12.8. The molecule has 0 amide bonds. The van der Waals surface area contributed by atoms with Crippen molar-refractivity contribution in [3.63, 3.8) is 0 Å². The molecule has 0 aliphatic carbocycles. The highest BCUT2D eigenvalue weighted by Crippen LogP contribution is 2.34. The van der Waals surface area contributed by atoms with Gasteiger partial charge in [0.25, 0.3) is 0 Å². The summed E-state index contributed by atoms with van der Waals surface area (Å²) in [5.41, 5.74) is 0. The Balaban J connectivity index is 2.54. The lowest BCUT2D eigenvalue weighted by Crippen LogP contribution is -2.31. The van der Waals surface area contributed by atoms with Crippen LogP contribution in [0.2, 0.25) is 15.1 Å². The molecule has 0 spiro atoms. The molecule has 0 fully saturated rings. The van der Waals surface area contributed by atoms with Gasteiger partial charge in [-0.15, -0.1) is 0 Å². The van der Waals surface area contributed by atoms with E-state index in [1.165, 1.54) is 0 Å². The molecule has 1 unspecified atom stereocenters. The minimum absolute atomic E-state index is 0.0125. The zero-order valence-corrected chi connectivity index (χ0v) is 13.0. The third-order valence-corrected chi connectivity index (χ3v) is 3.30. The fraction of sp³-hybridized carbons (Fsp3) is 0.538. The minimum atomic E-state index is 0.0125. The molecule has 0 heterocycles. The van der Waals surface area contributed by atoms with Crippen molar-refractivity contribution in [3.05, 3.63) is 27.2 Å². The van der Waals surface area contributed by atoms with Crippen LogP contribution in [0, 0.1) is 5.92 Å². The number of hydrogen-bond donors (Lipinski definition) is 1. The molecule has 0 radical (unpaired) electrons. The number of halogens is 3. The van der Waals surface area contributed by atoms with Crippen LogP contribution in [-0.2, 0) is 0 Å². The molecule has 1 aromatic carbocycles. The van der Waals surface area contributed by atoms with E-state index in [1.807, 2.05) is 6.92 Å². The summed E-state index contributed by atoms with van der Waals surface area (Å²) in [6, 6.07) is 3.24. The summed E-state index contributed by atoms with van der Waals surface area (Å²) in [6.45, 7) is 8.02. The standard InChI is InChI=1S/C13H18Cl3NO/c1-8(2)6-17-7-9(3)18-13-5-11(15)10(14)4-12(13)16/h4-5,8-9,17H,6-7H2,1-3H3. The summed E-state index contributed by atoms with van der Waals surface area (Å²) in [6.07, 6.45) is 0.0125. The van der Waals surface area contributed by atoms with E-state index < -0.39 is 0 Å². The topological polar surface area (TPSA) is 21.3 Å². The molecular weight excluding hydrogens is 293 g/mol. The van der Waals surface area contributed by atoms with Crippen LogP contribution in [0.1, 0.15) is 20.8 Å². The second-order valence-corrected chi connectivity index (χ2v) is 5.90. The number of rotatable bonds is 6. The predicted molar refractivity (Wildman–Crippen MR) is 79.3 cm³/mol. The first-order valence-electron chi connectivity index (χ1n) is 5.92. The van der Waals surface area contributed by atoms with Gasteiger partial charge in [-0.25, -0.2) is 0 Å². The predicted octanol–water partition coefficient (Wildman–Crippen LogP) is 4.66. The van der Waals surface area contributed by atoms with Crippen molar-refractivity contribution in [1.82, 2.24) is 5.32 Å². The van der Waals surface area contributed by atoms with Crippen molar-refractivity contribution in [2.45, 2.75) is 26.9 Å². The minimum Gasteiger partial charge on any atom is -0.488 e. The highest BCUT2D eigenvalue weighted by atomic mass is 35.5. The van der Waals surface area contributed by atoms with Gasteiger partial charge in [-0.05, 0) is 25.5 Å². The molecule has 18 heavy (non-hydrogen) atoms. The number of hydrogen-bond acceptors (Lipinski definition) is 2. The molecule has 0 saturated heterocycles. The second-order valence-electron chi connectivity index (χ2n) is 4.68. The van der Waals surface area contributed by atoms with E-state index in [2.05, 4.69) is 19.2 Å². The van der Waals surface area contributed by atoms with Gasteiger partial charge in [-0.2, -0.15) is 0 Å². The quantitative estimate of drug-likeness (QED) is 0.772. The molecule has 1 atom stereocenters. The van der Waals surface area contributed by atoms with Gasteiger partial charge in [0, 0.05) is 12.6 Å². The Morgan fingerprint density at radius 1 is 1.00 bits per heavy atom. The molecule has 2 nitrogen and oxygen atoms in total. The first kappa shape index (κ1) is 15.9. The zero-order valence-electron chi connectivity index (χ0n) is 10.8. The molecule has 1 N–H and O–H groups in total. The van der Waals surface area contributed by atoms with Crippen LogP contribution >= 0.6 is 34.8 Å². The lowest BCUT2D eigenvalue weighted by atomic mass is 10.2. The van der Waals surface area contributed by atoms with Crippen molar-refractivity contribution in [3.8, 4) is 5.75 Å². The largest absolute Gasteiger partial charge is 0.488 e. The number of nitrogens with one attached hydrogen (secondary N) is 1. The number of benzene rings is 1. The van der Waals surface area contributed by atoms with Gasteiger partial charge in [0.15, 0.2) is 0 Å². The van der Waals surface area contributed by atoms with Crippen LogP contribution in [0.25, 0.3) is 0 Å². The Kier molecular flexibility index (Phi) is 6.58. The first-order valence-corrected chi connectivity index (χ1v) is 7.05. The molecule has 5 heteroatoms. The third-order valence-electron chi connectivity index (χ3n) is 2.29. The van der Waals surface area contributed by atoms with E-state index in [-0.39, 0.29) is 6.10 Å². The SMILES string of the molecule is CC(C)CNCC(C)Oc1cc(Cl)c(Cl)cc1Cl. The molecule has 1 aromatic rings. The van der Waals surface area contributed by atoms with Crippen LogP contribution < -0.4 is 10.1 Å². The van der Waals surface area contributed by atoms with Crippen LogP contribution in [0.3, 0.4) is 0 Å². The maximum atomic E-state index is 6.04. The third kappa shape index (κ3) is 5.23. The summed E-state index contributed by atoms with van der Waals surface area (Å²) in [4.78, 5) is 0. The number of ether oxygens (including phenoxy) is 1. The Morgan fingerprint density at radius 2 is 1.61 bits per heavy atom. The van der Waals surface area contributed by atoms with Crippen LogP contribution in [0.15, 0.2) is 12.1 Å². The Labute approximate surface area is 124 Å². The molecule has 0 saturated carbocycles. The van der Waals surface area contributed by atoms with Gasteiger partial charge >= 0.3 is 0 Å². The van der Waals surface area contributed by atoms with Gasteiger partial charge in [0.2, 0.25) is 0 Å². The summed E-state index contributed by atoms with van der Waals surface area (Å²) in [5.74, 6) is 1.18. The van der Waals surface area contributed by atoms with E-state index in [0.29, 0.717) is 26.7 Å². The van der Waals surface area contributed by atoms with Crippen molar-refractivity contribution < 1.29 is 4.74 Å². The molecule has 0 aromatic heterocycles. The molecule has 102 valence electrons. The van der Waals surface area contributed by atoms with E-state index in [1.54, 1.807) is 12.1 Å². The maximum absolute atomic E-state index is 6.04. The molecule has 0 aliphatic heterocycles. The smallest absolute Gasteiger partial charge is 0.139 e. The Morgan fingerprint density at radius 3 is 2.22 bits per heavy atom. The van der Waals surface area contributed by atoms with Crippen molar-refractivity contribution >= 4 is 34.8 Å². The van der Waals surface area contributed by atoms with Gasteiger partial charge in [0.1, 0.15) is 11.9 Å². The molecule has 0 aliphatic rings. The van der Waals surface area contributed by atoms with Crippen LogP contribution in [0.4, 0.5) is 0 Å². The zero-order chi connectivity index (χ0) is 13.7. The Bertz CT molecular complexity index is 396. The molecule has 1 rings (SSSR count). The van der Waals surface area contributed by atoms with Gasteiger partial charge in [0.05, 0.1) is 15.1 Å². The average molecular weight is 311 g/mol. The van der Waals surface area contributed by atoms with Crippen LogP contribution in [0.5, 0.6) is 5.75 Å². The monoisotopic (exact) mass is 309 g/mol. The highest BCUT2D eigenvalue weighted by molar-refractivity contribution is 6.43. The van der Waals surface area contributed by atoms with Crippen LogP contribution in [-0.4, -0.2) is 19.2 Å². The first-order chi connectivity index (χ1) is 8.40. The van der Waals surface area contributed by atoms with E-state index in [4.69, 9.17) is 39.5 Å². The Hall–Kier alpha value is -0.150. The summed E-state index contributed by atoms with van der Waals surface area (Å²) >= 11 is 17.8. The maximum Gasteiger partial charge on any atom is 0.139 e. The van der Waals surface area contributed by atoms with Gasteiger partial charge < -0.3 is 10.1 Å². The fourth-order valence-corrected chi connectivity index (χ4v) is 2.01. The van der Waals surface area contributed by atoms with Gasteiger partial charge in [-0.1, -0.05) is 48.7 Å². The van der Waals surface area contributed by atoms with Crippen molar-refractivity contribution in [2.75, 3.05) is 13.1 Å². The second kappa shape index (κ2) is 7.44. The highest BCUT2D eigenvalue weighted by Gasteiger charge is 2.10.